The smallest absolute Gasteiger partial charge is 0.340 e. The lowest BCUT2D eigenvalue weighted by Gasteiger charge is -2.30. The van der Waals surface area contributed by atoms with Crippen molar-refractivity contribution in [2.24, 2.45) is 0 Å². The molecule has 0 fully saturated rings. The molecule has 6 nitrogen and oxygen atoms in total. The second-order valence-corrected chi connectivity index (χ2v) is 5.15. The number of esters is 2. The van der Waals surface area contributed by atoms with E-state index in [9.17, 15) is 9.59 Å². The largest absolute Gasteiger partial charge is 0.497 e. The molecule has 0 amide bonds. The summed E-state index contributed by atoms with van der Waals surface area (Å²) in [5, 5.41) is 0. The van der Waals surface area contributed by atoms with Crippen molar-refractivity contribution in [2.45, 2.75) is 39.7 Å². The Morgan fingerprint density at radius 1 is 1.00 bits per heavy atom. The van der Waals surface area contributed by atoms with Crippen molar-refractivity contribution in [3.8, 4) is 5.75 Å². The summed E-state index contributed by atoms with van der Waals surface area (Å²) in [5.41, 5.74) is 0.746. The molecule has 1 aromatic carbocycles. The molecule has 0 N–H and O–H groups in total. The van der Waals surface area contributed by atoms with E-state index in [0.29, 0.717) is 12.3 Å². The summed E-state index contributed by atoms with van der Waals surface area (Å²) in [4.78, 5) is 26.5. The van der Waals surface area contributed by atoms with E-state index in [1.807, 2.05) is 12.1 Å². The van der Waals surface area contributed by atoms with Crippen LogP contribution in [0, 0.1) is 0 Å². The highest BCUT2D eigenvalue weighted by Crippen LogP contribution is 2.23. The van der Waals surface area contributed by atoms with Crippen LogP contribution < -0.4 is 9.64 Å². The minimum Gasteiger partial charge on any atom is -0.497 e. The molecule has 0 aromatic heterocycles. The Kier molecular flexibility index (Phi) is 8.68. The second kappa shape index (κ2) is 10.5. The van der Waals surface area contributed by atoms with Gasteiger partial charge in [0.1, 0.15) is 5.75 Å². The number of benzene rings is 1. The van der Waals surface area contributed by atoms with Gasteiger partial charge < -0.3 is 19.1 Å². The molecule has 0 saturated carbocycles. The standard InChI is InChI=1S/C18H27NO5/c1-5-8-13-19(14-9-11-15(22-4)12-10-14)16(17(20)23-6-2)18(21)24-7-3/h9-12,16H,5-8,13H2,1-4H3. The van der Waals surface area contributed by atoms with Gasteiger partial charge in [-0.2, -0.15) is 0 Å². The second-order valence-electron chi connectivity index (χ2n) is 5.15. The molecule has 0 bridgehead atoms. The maximum atomic E-state index is 12.4. The first-order valence-electron chi connectivity index (χ1n) is 8.32. The molecule has 0 unspecified atom stereocenters. The van der Waals surface area contributed by atoms with E-state index >= 15 is 0 Å². The number of carbonyl (C=O) groups is 2. The fourth-order valence-corrected chi connectivity index (χ4v) is 2.30. The van der Waals surface area contributed by atoms with Crippen molar-refractivity contribution >= 4 is 17.6 Å². The first-order chi connectivity index (χ1) is 11.6. The number of unbranched alkanes of at least 4 members (excludes halogenated alkanes) is 1. The van der Waals surface area contributed by atoms with E-state index in [-0.39, 0.29) is 13.2 Å². The Labute approximate surface area is 143 Å². The predicted octanol–water partition coefficient (Wildman–Crippen LogP) is 2.80. The molecule has 0 spiro atoms. The predicted molar refractivity (Wildman–Crippen MR) is 92.3 cm³/mol. The number of nitrogens with zero attached hydrogens (tertiary/aromatic N) is 1. The zero-order valence-corrected chi connectivity index (χ0v) is 14.9. The average molecular weight is 337 g/mol. The van der Waals surface area contributed by atoms with Crippen LogP contribution in [0.25, 0.3) is 0 Å². The third-order valence-corrected chi connectivity index (χ3v) is 3.49. The molecular formula is C18H27NO5. The average Bonchev–Trinajstić information content (AvgIpc) is 2.59. The molecule has 0 aliphatic heterocycles. The van der Waals surface area contributed by atoms with Crippen molar-refractivity contribution in [1.82, 2.24) is 0 Å². The molecule has 1 aromatic rings. The van der Waals surface area contributed by atoms with Gasteiger partial charge in [0.2, 0.25) is 6.04 Å². The van der Waals surface area contributed by atoms with E-state index in [1.54, 1.807) is 38.0 Å². The quantitative estimate of drug-likeness (QED) is 0.483. The monoisotopic (exact) mass is 337 g/mol. The van der Waals surface area contributed by atoms with Crippen LogP contribution in [-0.4, -0.2) is 44.8 Å². The van der Waals surface area contributed by atoms with Crippen molar-refractivity contribution in [3.63, 3.8) is 0 Å². The van der Waals surface area contributed by atoms with Gasteiger partial charge in [0, 0.05) is 12.2 Å². The minimum atomic E-state index is -1.11. The van der Waals surface area contributed by atoms with Crippen LogP contribution in [0.15, 0.2) is 24.3 Å². The van der Waals surface area contributed by atoms with E-state index in [4.69, 9.17) is 14.2 Å². The maximum Gasteiger partial charge on any atom is 0.340 e. The van der Waals surface area contributed by atoms with Gasteiger partial charge in [-0.15, -0.1) is 0 Å². The number of anilines is 1. The number of ether oxygens (including phenoxy) is 3. The molecule has 0 heterocycles. The summed E-state index contributed by atoms with van der Waals surface area (Å²) in [7, 11) is 1.59. The fraction of sp³-hybridized carbons (Fsp3) is 0.556. The molecule has 0 aliphatic carbocycles. The minimum absolute atomic E-state index is 0.207. The van der Waals surface area contributed by atoms with Crippen molar-refractivity contribution in [2.75, 3.05) is 31.8 Å². The number of hydrogen-bond acceptors (Lipinski definition) is 6. The highest BCUT2D eigenvalue weighted by atomic mass is 16.6. The lowest BCUT2D eigenvalue weighted by molar-refractivity contribution is -0.156. The van der Waals surface area contributed by atoms with Gasteiger partial charge in [0.25, 0.3) is 0 Å². The van der Waals surface area contributed by atoms with Crippen LogP contribution in [0.3, 0.4) is 0 Å². The summed E-state index contributed by atoms with van der Waals surface area (Å²) in [6.07, 6.45) is 1.77. The highest BCUT2D eigenvalue weighted by Gasteiger charge is 2.35. The van der Waals surface area contributed by atoms with E-state index < -0.39 is 18.0 Å². The van der Waals surface area contributed by atoms with Gasteiger partial charge in [-0.1, -0.05) is 13.3 Å². The van der Waals surface area contributed by atoms with Gasteiger partial charge in [-0.3, -0.25) is 0 Å². The lowest BCUT2D eigenvalue weighted by atomic mass is 10.1. The topological polar surface area (TPSA) is 65.1 Å². The van der Waals surface area contributed by atoms with E-state index in [1.165, 1.54) is 0 Å². The van der Waals surface area contributed by atoms with Gasteiger partial charge in [0.15, 0.2) is 0 Å². The number of hydrogen-bond donors (Lipinski definition) is 0. The summed E-state index contributed by atoms with van der Waals surface area (Å²) >= 11 is 0. The fourth-order valence-electron chi connectivity index (χ4n) is 2.30. The summed E-state index contributed by atoms with van der Waals surface area (Å²) < 4.78 is 15.3. The van der Waals surface area contributed by atoms with Crippen LogP contribution in [-0.2, 0) is 19.1 Å². The van der Waals surface area contributed by atoms with Gasteiger partial charge in [-0.25, -0.2) is 9.59 Å². The molecule has 1 rings (SSSR count). The van der Waals surface area contributed by atoms with Crippen LogP contribution in [0.5, 0.6) is 5.75 Å². The Morgan fingerprint density at radius 2 is 1.54 bits per heavy atom. The van der Waals surface area contributed by atoms with Crippen LogP contribution >= 0.6 is 0 Å². The Morgan fingerprint density at radius 3 is 1.96 bits per heavy atom. The molecule has 0 atom stereocenters. The van der Waals surface area contributed by atoms with E-state index in [0.717, 1.165) is 18.5 Å². The summed E-state index contributed by atoms with van der Waals surface area (Å²) in [5.74, 6) is -0.483. The Bertz CT molecular complexity index is 497. The lowest BCUT2D eigenvalue weighted by Crippen LogP contribution is -2.49. The molecule has 0 aliphatic rings. The summed E-state index contributed by atoms with van der Waals surface area (Å²) in [6, 6.07) is 6.12. The van der Waals surface area contributed by atoms with Crippen LogP contribution in [0.2, 0.25) is 0 Å². The van der Waals surface area contributed by atoms with E-state index in [2.05, 4.69) is 6.92 Å². The van der Waals surface area contributed by atoms with Crippen LogP contribution in [0.1, 0.15) is 33.6 Å². The number of methoxy groups -OCH3 is 1. The molecule has 24 heavy (non-hydrogen) atoms. The van der Waals surface area contributed by atoms with Crippen molar-refractivity contribution in [1.29, 1.82) is 0 Å². The molecular weight excluding hydrogens is 310 g/mol. The maximum absolute atomic E-state index is 12.4. The van der Waals surface area contributed by atoms with Crippen LogP contribution in [0.4, 0.5) is 5.69 Å². The third kappa shape index (κ3) is 5.44. The Balaban J connectivity index is 3.17. The third-order valence-electron chi connectivity index (χ3n) is 3.49. The normalized spacial score (nSPS) is 10.4. The molecule has 134 valence electrons. The van der Waals surface area contributed by atoms with Gasteiger partial charge in [0.05, 0.1) is 20.3 Å². The first kappa shape index (κ1) is 19.8. The van der Waals surface area contributed by atoms with Crippen molar-refractivity contribution < 1.29 is 23.8 Å². The molecule has 0 saturated heterocycles. The molecule has 0 radical (unpaired) electrons. The van der Waals surface area contributed by atoms with Gasteiger partial charge >= 0.3 is 11.9 Å². The zero-order chi connectivity index (χ0) is 17.9. The Hall–Kier alpha value is -2.24. The zero-order valence-electron chi connectivity index (χ0n) is 14.9. The van der Waals surface area contributed by atoms with Crippen molar-refractivity contribution in [3.05, 3.63) is 24.3 Å². The number of carbonyl (C=O) groups excluding carboxylic acids is 2. The summed E-state index contributed by atoms with van der Waals surface area (Å²) in [6.45, 7) is 6.44. The first-order valence-corrected chi connectivity index (χ1v) is 8.32. The SMILES string of the molecule is CCCCN(c1ccc(OC)cc1)C(C(=O)OCC)C(=O)OCC. The highest BCUT2D eigenvalue weighted by molar-refractivity contribution is 6.02. The number of rotatable bonds is 10. The molecule has 6 heteroatoms. The van der Waals surface area contributed by atoms with Gasteiger partial charge in [-0.05, 0) is 44.5 Å².